The molecule has 2 heterocycles. The molecule has 172 valence electrons. The van der Waals surface area contributed by atoms with Gasteiger partial charge >= 0.3 is 0 Å². The molecular weight excluding hydrogens is 446 g/mol. The third-order valence-corrected chi connectivity index (χ3v) is 9.88. The molecule has 4 rings (SSSR count). The van der Waals surface area contributed by atoms with Gasteiger partial charge in [-0.1, -0.05) is 6.92 Å². The molecule has 4 aliphatic rings. The zero-order valence-electron chi connectivity index (χ0n) is 17.4. The van der Waals surface area contributed by atoms with Gasteiger partial charge in [0.15, 0.2) is 0 Å². The SMILES string of the molecule is CC1CCC(S(=O)(=O)NC2CCC3C(=O)N(C4CCC(=O)NC4=O)C(=O)C3C2)CC1Cl. The number of hydrogen-bond donors (Lipinski definition) is 2. The Morgan fingerprint density at radius 3 is 2.35 bits per heavy atom. The van der Waals surface area contributed by atoms with E-state index in [1.54, 1.807) is 0 Å². The monoisotopic (exact) mass is 473 g/mol. The number of imide groups is 2. The second kappa shape index (κ2) is 8.44. The normalized spacial score (nSPS) is 39.4. The number of nitrogens with zero attached hydrogens (tertiary/aromatic N) is 1. The summed E-state index contributed by atoms with van der Waals surface area (Å²) in [6, 6.07) is -1.40. The van der Waals surface area contributed by atoms with Gasteiger partial charge in [-0.2, -0.15) is 0 Å². The molecule has 2 saturated carbocycles. The number of carbonyl (C=O) groups excluding carboxylic acids is 4. The van der Waals surface area contributed by atoms with Crippen LogP contribution >= 0.6 is 11.6 Å². The summed E-state index contributed by atoms with van der Waals surface area (Å²) in [5.41, 5.74) is 0. The van der Waals surface area contributed by atoms with Crippen molar-refractivity contribution >= 4 is 45.3 Å². The molecule has 7 unspecified atom stereocenters. The fraction of sp³-hybridized carbons (Fsp3) is 0.800. The van der Waals surface area contributed by atoms with E-state index in [4.69, 9.17) is 11.6 Å². The molecule has 2 N–H and O–H groups in total. The zero-order chi connectivity index (χ0) is 22.5. The second-order valence-corrected chi connectivity index (χ2v) is 11.9. The Morgan fingerprint density at radius 1 is 0.968 bits per heavy atom. The summed E-state index contributed by atoms with van der Waals surface area (Å²) < 4.78 is 28.6. The fourth-order valence-corrected chi connectivity index (χ4v) is 7.61. The molecule has 9 nitrogen and oxygen atoms in total. The lowest BCUT2D eigenvalue weighted by Crippen LogP contribution is -2.54. The Kier molecular flexibility index (Phi) is 6.17. The van der Waals surface area contributed by atoms with E-state index in [0.29, 0.717) is 25.7 Å². The van der Waals surface area contributed by atoms with E-state index in [0.717, 1.165) is 11.3 Å². The molecule has 4 amide bonds. The predicted molar refractivity (Wildman–Crippen MR) is 111 cm³/mol. The maximum absolute atomic E-state index is 13.0. The topological polar surface area (TPSA) is 130 Å². The van der Waals surface area contributed by atoms with Crippen LogP contribution in [0.5, 0.6) is 0 Å². The van der Waals surface area contributed by atoms with Crippen molar-refractivity contribution in [3.63, 3.8) is 0 Å². The van der Waals surface area contributed by atoms with Crippen LogP contribution in [0.1, 0.15) is 58.3 Å². The van der Waals surface area contributed by atoms with Crippen molar-refractivity contribution in [1.29, 1.82) is 0 Å². The van der Waals surface area contributed by atoms with E-state index < -0.39 is 62.8 Å². The maximum atomic E-state index is 13.0. The molecule has 2 saturated heterocycles. The van der Waals surface area contributed by atoms with E-state index >= 15 is 0 Å². The lowest BCUT2D eigenvalue weighted by atomic mass is 9.79. The van der Waals surface area contributed by atoms with Crippen LogP contribution in [0.2, 0.25) is 0 Å². The van der Waals surface area contributed by atoms with Crippen molar-refractivity contribution in [3.05, 3.63) is 0 Å². The van der Waals surface area contributed by atoms with Gasteiger partial charge in [-0.25, -0.2) is 13.1 Å². The van der Waals surface area contributed by atoms with Gasteiger partial charge in [0.2, 0.25) is 33.7 Å². The fourth-order valence-electron chi connectivity index (χ4n) is 5.39. The number of sulfonamides is 1. The van der Waals surface area contributed by atoms with Crippen molar-refractivity contribution in [1.82, 2.24) is 14.9 Å². The number of hydrogen-bond acceptors (Lipinski definition) is 6. The first kappa shape index (κ1) is 22.7. The molecule has 0 aromatic rings. The van der Waals surface area contributed by atoms with Crippen LogP contribution in [0.4, 0.5) is 0 Å². The van der Waals surface area contributed by atoms with Crippen LogP contribution in [-0.4, -0.2) is 59.7 Å². The minimum atomic E-state index is -3.59. The van der Waals surface area contributed by atoms with Crippen molar-refractivity contribution in [2.24, 2.45) is 17.8 Å². The van der Waals surface area contributed by atoms with Crippen molar-refractivity contribution < 1.29 is 27.6 Å². The van der Waals surface area contributed by atoms with Crippen LogP contribution in [0.25, 0.3) is 0 Å². The molecule has 4 fully saturated rings. The van der Waals surface area contributed by atoms with Crippen LogP contribution in [0, 0.1) is 17.8 Å². The molecule has 0 aromatic carbocycles. The van der Waals surface area contributed by atoms with E-state index in [9.17, 15) is 27.6 Å². The van der Waals surface area contributed by atoms with Gasteiger partial charge in [0.25, 0.3) is 0 Å². The highest BCUT2D eigenvalue weighted by Gasteiger charge is 2.54. The average Bonchev–Trinajstić information content (AvgIpc) is 2.94. The Labute approximate surface area is 186 Å². The molecule has 11 heteroatoms. The van der Waals surface area contributed by atoms with Crippen LogP contribution in [0.15, 0.2) is 0 Å². The summed E-state index contributed by atoms with van der Waals surface area (Å²) >= 11 is 6.30. The number of amides is 4. The molecule has 31 heavy (non-hydrogen) atoms. The van der Waals surface area contributed by atoms with Gasteiger partial charge in [0.05, 0.1) is 17.1 Å². The van der Waals surface area contributed by atoms with Gasteiger partial charge < -0.3 is 0 Å². The third-order valence-electron chi connectivity index (χ3n) is 7.30. The van der Waals surface area contributed by atoms with Crippen molar-refractivity contribution in [3.8, 4) is 0 Å². The summed E-state index contributed by atoms with van der Waals surface area (Å²) in [5.74, 6) is -2.78. The predicted octanol–water partition coefficient (Wildman–Crippen LogP) is 0.661. The van der Waals surface area contributed by atoms with E-state index in [1.807, 2.05) is 6.92 Å². The van der Waals surface area contributed by atoms with E-state index in [2.05, 4.69) is 10.0 Å². The number of likely N-dealkylation sites (tertiary alicyclic amines) is 1. The maximum Gasteiger partial charge on any atom is 0.249 e. The number of alkyl halides is 1. The lowest BCUT2D eigenvalue weighted by Gasteiger charge is -2.33. The molecule has 7 atom stereocenters. The summed E-state index contributed by atoms with van der Waals surface area (Å²) in [6.45, 7) is 2.02. The highest BCUT2D eigenvalue weighted by Crippen LogP contribution is 2.40. The summed E-state index contributed by atoms with van der Waals surface area (Å²) in [7, 11) is -3.59. The highest BCUT2D eigenvalue weighted by atomic mass is 35.5. The first-order valence-corrected chi connectivity index (χ1v) is 12.9. The molecule has 0 radical (unpaired) electrons. The molecule has 0 spiro atoms. The number of piperidine rings is 1. The molecular formula is C20H28ClN3O6S. The first-order chi connectivity index (χ1) is 14.6. The molecule has 0 aromatic heterocycles. The largest absolute Gasteiger partial charge is 0.295 e. The van der Waals surface area contributed by atoms with Gasteiger partial charge in [-0.3, -0.25) is 29.4 Å². The minimum absolute atomic E-state index is 0.0762. The van der Waals surface area contributed by atoms with Crippen molar-refractivity contribution in [2.75, 3.05) is 0 Å². The first-order valence-electron chi connectivity index (χ1n) is 10.9. The molecule has 2 aliphatic carbocycles. The number of halogens is 1. The van der Waals surface area contributed by atoms with Crippen LogP contribution in [0.3, 0.4) is 0 Å². The Balaban J connectivity index is 1.43. The van der Waals surface area contributed by atoms with Crippen molar-refractivity contribution in [2.45, 2.75) is 81.0 Å². The number of nitrogens with one attached hydrogen (secondary N) is 2. The molecule has 0 bridgehead atoms. The summed E-state index contributed by atoms with van der Waals surface area (Å²) in [6.07, 6.45) is 2.97. The quantitative estimate of drug-likeness (QED) is 0.455. The summed E-state index contributed by atoms with van der Waals surface area (Å²) in [4.78, 5) is 50.5. The Bertz CT molecular complexity index is 909. The lowest BCUT2D eigenvalue weighted by molar-refractivity contribution is -0.151. The Hall–Kier alpha value is -1.52. The van der Waals surface area contributed by atoms with E-state index in [1.165, 1.54) is 0 Å². The van der Waals surface area contributed by atoms with Gasteiger partial charge in [0, 0.05) is 17.8 Å². The second-order valence-electron chi connectivity index (χ2n) is 9.33. The number of fused-ring (bicyclic) bond motifs is 1. The Morgan fingerprint density at radius 2 is 1.68 bits per heavy atom. The number of carbonyl (C=O) groups is 4. The molecule has 2 aliphatic heterocycles. The van der Waals surface area contributed by atoms with Crippen LogP contribution < -0.4 is 10.0 Å². The average molecular weight is 474 g/mol. The minimum Gasteiger partial charge on any atom is -0.295 e. The van der Waals surface area contributed by atoms with Crippen LogP contribution in [-0.2, 0) is 29.2 Å². The van der Waals surface area contributed by atoms with E-state index in [-0.39, 0.29) is 30.6 Å². The summed E-state index contributed by atoms with van der Waals surface area (Å²) in [5, 5.41) is 1.46. The highest BCUT2D eigenvalue weighted by molar-refractivity contribution is 7.90. The standard InChI is InChI=1S/C20H28ClN3O6S/c1-10-2-4-12(9-15(10)21)31(29,30)23-11-3-5-13-14(8-11)20(28)24(19(13)27)16-6-7-17(25)22-18(16)26/h10-16,23H,2-9H2,1H3,(H,22,25,26). The van der Waals surface area contributed by atoms with Gasteiger partial charge in [-0.15, -0.1) is 11.6 Å². The third kappa shape index (κ3) is 4.26. The number of rotatable bonds is 4. The van der Waals surface area contributed by atoms with Gasteiger partial charge in [-0.05, 0) is 50.9 Å². The van der Waals surface area contributed by atoms with Gasteiger partial charge in [0.1, 0.15) is 6.04 Å². The smallest absolute Gasteiger partial charge is 0.249 e. The zero-order valence-corrected chi connectivity index (χ0v) is 19.0.